The first-order chi connectivity index (χ1) is 16.2. The summed E-state index contributed by atoms with van der Waals surface area (Å²) in [7, 11) is 0. The zero-order valence-electron chi connectivity index (χ0n) is 18.3. The van der Waals surface area contributed by atoms with E-state index in [9.17, 15) is 4.79 Å². The van der Waals surface area contributed by atoms with Crippen LogP contribution in [0.2, 0.25) is 0 Å². The molecule has 0 spiro atoms. The topological polar surface area (TPSA) is 55.6 Å². The summed E-state index contributed by atoms with van der Waals surface area (Å²) < 4.78 is 8.94. The van der Waals surface area contributed by atoms with E-state index in [1.165, 1.54) is 12.0 Å². The smallest absolute Gasteiger partial charge is 0.314 e. The molecule has 1 aliphatic carbocycles. The highest BCUT2D eigenvalue weighted by atomic mass is 79.9. The summed E-state index contributed by atoms with van der Waals surface area (Å²) in [5.41, 5.74) is 3.55. The molecular formula is C27H26BrN3O2. The van der Waals surface area contributed by atoms with E-state index >= 15 is 0 Å². The van der Waals surface area contributed by atoms with Crippen LogP contribution in [0.4, 0.5) is 5.82 Å². The minimum atomic E-state index is -0.132. The average molecular weight is 504 g/mol. The summed E-state index contributed by atoms with van der Waals surface area (Å²) in [5, 5.41) is 3.56. The molecule has 168 valence electrons. The number of carbonyl (C=O) groups excluding carboxylic acids is 1. The van der Waals surface area contributed by atoms with Crippen LogP contribution in [0.3, 0.4) is 0 Å². The number of carbonyl (C=O) groups is 1. The molecule has 0 unspecified atom stereocenters. The first-order valence-electron chi connectivity index (χ1n) is 11.5. The van der Waals surface area contributed by atoms with Gasteiger partial charge in [0.25, 0.3) is 0 Å². The van der Waals surface area contributed by atoms with Gasteiger partial charge in [-0.1, -0.05) is 61.7 Å². The molecule has 33 heavy (non-hydrogen) atoms. The van der Waals surface area contributed by atoms with Gasteiger partial charge >= 0.3 is 5.97 Å². The van der Waals surface area contributed by atoms with Crippen molar-refractivity contribution in [3.8, 4) is 17.0 Å². The molecule has 2 aromatic carbocycles. The fourth-order valence-electron chi connectivity index (χ4n) is 4.44. The summed E-state index contributed by atoms with van der Waals surface area (Å²) >= 11 is 3.57. The Kier molecular flexibility index (Phi) is 6.44. The highest BCUT2D eigenvalue weighted by Crippen LogP contribution is 2.37. The number of benzene rings is 2. The maximum absolute atomic E-state index is 12.9. The van der Waals surface area contributed by atoms with Crippen molar-refractivity contribution in [3.05, 3.63) is 83.0 Å². The van der Waals surface area contributed by atoms with Crippen LogP contribution in [0.1, 0.15) is 37.7 Å². The van der Waals surface area contributed by atoms with E-state index in [0.717, 1.165) is 52.9 Å². The lowest BCUT2D eigenvalue weighted by molar-refractivity contribution is -0.139. The van der Waals surface area contributed by atoms with Gasteiger partial charge in [-0.2, -0.15) is 0 Å². The third kappa shape index (κ3) is 4.81. The summed E-state index contributed by atoms with van der Waals surface area (Å²) in [5.74, 6) is 1.27. The van der Waals surface area contributed by atoms with E-state index in [2.05, 4.69) is 33.4 Å². The molecule has 5 rings (SSSR count). The van der Waals surface area contributed by atoms with Gasteiger partial charge in [-0.15, -0.1) is 0 Å². The second kappa shape index (κ2) is 9.79. The monoisotopic (exact) mass is 503 g/mol. The Morgan fingerprint density at radius 3 is 2.58 bits per heavy atom. The summed E-state index contributed by atoms with van der Waals surface area (Å²) in [4.78, 5) is 17.8. The first kappa shape index (κ1) is 21.7. The summed E-state index contributed by atoms with van der Waals surface area (Å²) in [6.07, 6.45) is 7.20. The Balaban J connectivity index is 1.52. The molecule has 0 amide bonds. The van der Waals surface area contributed by atoms with Crippen molar-refractivity contribution in [1.29, 1.82) is 0 Å². The van der Waals surface area contributed by atoms with Gasteiger partial charge < -0.3 is 10.1 Å². The predicted molar refractivity (Wildman–Crippen MR) is 134 cm³/mol. The van der Waals surface area contributed by atoms with Crippen molar-refractivity contribution >= 4 is 33.4 Å². The Bertz CT molecular complexity index is 1260. The van der Waals surface area contributed by atoms with Gasteiger partial charge in [0.05, 0.1) is 5.92 Å². The van der Waals surface area contributed by atoms with Crippen LogP contribution >= 0.6 is 15.9 Å². The number of esters is 1. The Hall–Kier alpha value is -3.12. The highest BCUT2D eigenvalue weighted by molar-refractivity contribution is 9.10. The lowest BCUT2D eigenvalue weighted by Crippen LogP contribution is -2.23. The number of anilines is 1. The Labute approximate surface area is 201 Å². The van der Waals surface area contributed by atoms with Gasteiger partial charge in [0.1, 0.15) is 22.9 Å². The number of pyridine rings is 1. The number of aromatic nitrogens is 2. The largest absolute Gasteiger partial charge is 0.426 e. The molecule has 2 heterocycles. The molecule has 6 heteroatoms. The number of halogens is 1. The number of nitrogens with one attached hydrogen (secondary N) is 1. The molecule has 0 atom stereocenters. The van der Waals surface area contributed by atoms with Gasteiger partial charge in [-0.05, 0) is 58.6 Å². The molecule has 0 radical (unpaired) electrons. The molecule has 1 N–H and O–H groups in total. The highest BCUT2D eigenvalue weighted by Gasteiger charge is 2.25. The normalized spacial score (nSPS) is 14.3. The van der Waals surface area contributed by atoms with Gasteiger partial charge in [-0.25, -0.2) is 4.98 Å². The number of imidazole rings is 1. The zero-order valence-corrected chi connectivity index (χ0v) is 19.9. The van der Waals surface area contributed by atoms with Crippen molar-refractivity contribution in [2.24, 2.45) is 5.92 Å². The third-order valence-electron chi connectivity index (χ3n) is 6.18. The number of hydrogen-bond acceptors (Lipinski definition) is 4. The summed E-state index contributed by atoms with van der Waals surface area (Å²) in [6, 6.07) is 21.9. The second-order valence-corrected chi connectivity index (χ2v) is 9.39. The Morgan fingerprint density at radius 2 is 1.76 bits per heavy atom. The Morgan fingerprint density at radius 1 is 1.00 bits per heavy atom. The number of fused-ring (bicyclic) bond motifs is 1. The second-order valence-electron chi connectivity index (χ2n) is 8.48. The lowest BCUT2D eigenvalue weighted by Gasteiger charge is -2.20. The maximum Gasteiger partial charge on any atom is 0.314 e. The minimum absolute atomic E-state index is 0.0143. The van der Waals surface area contributed by atoms with Crippen LogP contribution in [-0.2, 0) is 11.3 Å². The van der Waals surface area contributed by atoms with E-state index in [-0.39, 0.29) is 11.9 Å². The molecule has 1 aliphatic rings. The van der Waals surface area contributed by atoms with Crippen LogP contribution in [0, 0.1) is 5.92 Å². The molecule has 4 aromatic rings. The molecule has 1 saturated carbocycles. The van der Waals surface area contributed by atoms with Crippen molar-refractivity contribution in [1.82, 2.24) is 9.38 Å². The zero-order chi connectivity index (χ0) is 22.6. The van der Waals surface area contributed by atoms with Crippen LogP contribution < -0.4 is 10.1 Å². The molecule has 1 fully saturated rings. The SMILES string of the molecule is O=C(Oc1ccccc1-c1nc2ccc(Br)cn2c1NCc1ccccc1)C1CCCCC1. The standard InChI is InChI=1S/C27H26BrN3O2/c28-21-15-16-24-30-25(26(31(24)18-21)29-17-19-9-3-1-4-10-19)22-13-7-8-14-23(22)33-27(32)20-11-5-2-6-12-20/h1,3-4,7-10,13-16,18,20,29H,2,5-6,11-12,17H2. The van der Waals surface area contributed by atoms with Gasteiger partial charge in [0.2, 0.25) is 0 Å². The van der Waals surface area contributed by atoms with Crippen LogP contribution in [-0.4, -0.2) is 15.4 Å². The van der Waals surface area contributed by atoms with E-state index < -0.39 is 0 Å². The third-order valence-corrected chi connectivity index (χ3v) is 6.65. The maximum atomic E-state index is 12.9. The lowest BCUT2D eigenvalue weighted by atomic mass is 9.89. The van der Waals surface area contributed by atoms with Gasteiger partial charge in [0, 0.05) is 22.8 Å². The number of nitrogens with zero attached hydrogens (tertiary/aromatic N) is 2. The minimum Gasteiger partial charge on any atom is -0.426 e. The van der Waals surface area contributed by atoms with Crippen molar-refractivity contribution in [2.75, 3.05) is 5.32 Å². The quantitative estimate of drug-likeness (QED) is 0.230. The van der Waals surface area contributed by atoms with Crippen molar-refractivity contribution in [2.45, 2.75) is 38.6 Å². The van der Waals surface area contributed by atoms with Gasteiger partial charge in [-0.3, -0.25) is 9.20 Å². The van der Waals surface area contributed by atoms with E-state index in [1.807, 2.05) is 65.2 Å². The molecule has 0 saturated heterocycles. The van der Waals surface area contributed by atoms with Gasteiger partial charge in [0.15, 0.2) is 0 Å². The van der Waals surface area contributed by atoms with Crippen LogP contribution in [0.25, 0.3) is 16.9 Å². The van der Waals surface area contributed by atoms with Crippen molar-refractivity contribution < 1.29 is 9.53 Å². The van der Waals surface area contributed by atoms with E-state index in [1.54, 1.807) is 0 Å². The fraction of sp³-hybridized carbons (Fsp3) is 0.259. The average Bonchev–Trinajstić information content (AvgIpc) is 3.21. The summed E-state index contributed by atoms with van der Waals surface area (Å²) in [6.45, 7) is 0.651. The molecule has 0 bridgehead atoms. The fourth-order valence-corrected chi connectivity index (χ4v) is 4.78. The number of hydrogen-bond donors (Lipinski definition) is 1. The molecular weight excluding hydrogens is 478 g/mol. The van der Waals surface area contributed by atoms with E-state index in [4.69, 9.17) is 9.72 Å². The van der Waals surface area contributed by atoms with Crippen molar-refractivity contribution in [3.63, 3.8) is 0 Å². The van der Waals surface area contributed by atoms with Crippen LogP contribution in [0.5, 0.6) is 5.75 Å². The van der Waals surface area contributed by atoms with Crippen LogP contribution in [0.15, 0.2) is 77.4 Å². The molecule has 2 aromatic heterocycles. The predicted octanol–water partition coefficient (Wildman–Crippen LogP) is 6.86. The number of para-hydroxylation sites is 1. The molecule has 0 aliphatic heterocycles. The number of rotatable bonds is 6. The van der Waals surface area contributed by atoms with E-state index in [0.29, 0.717) is 12.3 Å². The number of ether oxygens (including phenoxy) is 1. The molecule has 5 nitrogen and oxygen atoms in total. The first-order valence-corrected chi connectivity index (χ1v) is 12.2.